The summed E-state index contributed by atoms with van der Waals surface area (Å²) in [6, 6.07) is 8.00. The van der Waals surface area contributed by atoms with E-state index < -0.39 is 5.82 Å². The molecule has 24 heavy (non-hydrogen) atoms. The summed E-state index contributed by atoms with van der Waals surface area (Å²) in [5.41, 5.74) is 1.03. The molecule has 0 spiro atoms. The van der Waals surface area contributed by atoms with Crippen LogP contribution in [-0.4, -0.2) is 10.9 Å². The van der Waals surface area contributed by atoms with Crippen LogP contribution in [0, 0.1) is 12.7 Å². The largest absolute Gasteiger partial charge is 0.462 e. The average Bonchev–Trinajstić information content (AvgIpc) is 3.19. The SMILES string of the molecule is Cc1nc(-c2ccco2)sc1CNC(=O)Cc1c(F)cccc1Cl. The molecule has 0 aliphatic heterocycles. The van der Waals surface area contributed by atoms with Gasteiger partial charge in [0, 0.05) is 15.5 Å². The molecule has 3 rings (SSSR count). The average molecular weight is 365 g/mol. The Morgan fingerprint density at radius 1 is 1.38 bits per heavy atom. The van der Waals surface area contributed by atoms with Crippen molar-refractivity contribution in [3.63, 3.8) is 0 Å². The molecule has 124 valence electrons. The van der Waals surface area contributed by atoms with Crippen LogP contribution in [0.15, 0.2) is 41.0 Å². The number of aryl methyl sites for hydroxylation is 1. The van der Waals surface area contributed by atoms with Crippen LogP contribution in [0.1, 0.15) is 16.1 Å². The van der Waals surface area contributed by atoms with Gasteiger partial charge in [-0.1, -0.05) is 17.7 Å². The fraction of sp³-hybridized carbons (Fsp3) is 0.176. The lowest BCUT2D eigenvalue weighted by Crippen LogP contribution is -2.25. The number of benzene rings is 1. The lowest BCUT2D eigenvalue weighted by molar-refractivity contribution is -0.120. The highest BCUT2D eigenvalue weighted by Crippen LogP contribution is 2.28. The van der Waals surface area contributed by atoms with E-state index in [2.05, 4.69) is 10.3 Å². The minimum absolute atomic E-state index is 0.103. The third-order valence-corrected chi connectivity index (χ3v) is 5.00. The van der Waals surface area contributed by atoms with E-state index in [9.17, 15) is 9.18 Å². The molecule has 0 bridgehead atoms. The van der Waals surface area contributed by atoms with Gasteiger partial charge in [-0.15, -0.1) is 11.3 Å². The van der Waals surface area contributed by atoms with E-state index in [1.165, 1.54) is 23.5 Å². The van der Waals surface area contributed by atoms with Gasteiger partial charge in [-0.05, 0) is 31.2 Å². The number of nitrogens with zero attached hydrogens (tertiary/aromatic N) is 1. The zero-order chi connectivity index (χ0) is 17.1. The second-order valence-electron chi connectivity index (χ2n) is 5.16. The van der Waals surface area contributed by atoms with E-state index in [0.29, 0.717) is 12.3 Å². The molecule has 1 aromatic carbocycles. The van der Waals surface area contributed by atoms with Crippen molar-refractivity contribution in [1.29, 1.82) is 0 Å². The quantitative estimate of drug-likeness (QED) is 0.731. The lowest BCUT2D eigenvalue weighted by Gasteiger charge is -2.07. The molecule has 2 aromatic heterocycles. The molecular weight excluding hydrogens is 351 g/mol. The maximum absolute atomic E-state index is 13.7. The predicted octanol–water partition coefficient (Wildman–Crippen LogP) is 4.36. The fourth-order valence-corrected chi connectivity index (χ4v) is 3.40. The molecule has 0 saturated heterocycles. The topological polar surface area (TPSA) is 55.1 Å². The number of carbonyl (C=O) groups is 1. The Balaban J connectivity index is 1.65. The summed E-state index contributed by atoms with van der Waals surface area (Å²) in [6.07, 6.45) is 1.49. The van der Waals surface area contributed by atoms with Crippen molar-refractivity contribution in [2.45, 2.75) is 19.9 Å². The Labute approximate surface area is 147 Å². The number of hydrogen-bond acceptors (Lipinski definition) is 4. The Bertz CT molecular complexity index is 841. The summed E-state index contributed by atoms with van der Waals surface area (Å²) < 4.78 is 19.0. The maximum Gasteiger partial charge on any atom is 0.224 e. The van der Waals surface area contributed by atoms with E-state index >= 15 is 0 Å². The van der Waals surface area contributed by atoms with Gasteiger partial charge in [0.1, 0.15) is 5.82 Å². The number of nitrogens with one attached hydrogen (secondary N) is 1. The molecule has 2 heterocycles. The minimum Gasteiger partial charge on any atom is -0.462 e. The van der Waals surface area contributed by atoms with Crippen LogP contribution in [-0.2, 0) is 17.8 Å². The second-order valence-corrected chi connectivity index (χ2v) is 6.65. The zero-order valence-electron chi connectivity index (χ0n) is 12.8. The first-order valence-corrected chi connectivity index (χ1v) is 8.44. The number of thiazole rings is 1. The monoisotopic (exact) mass is 364 g/mol. The highest BCUT2D eigenvalue weighted by atomic mass is 35.5. The number of aromatic nitrogens is 1. The molecule has 4 nitrogen and oxygen atoms in total. The number of carbonyl (C=O) groups excluding carboxylic acids is 1. The second kappa shape index (κ2) is 7.15. The molecule has 3 aromatic rings. The van der Waals surface area contributed by atoms with Gasteiger partial charge < -0.3 is 9.73 Å². The molecule has 1 amide bonds. The summed E-state index contributed by atoms with van der Waals surface area (Å²) in [5.74, 6) is -0.0834. The summed E-state index contributed by atoms with van der Waals surface area (Å²) >= 11 is 7.39. The van der Waals surface area contributed by atoms with Crippen molar-refractivity contribution in [2.24, 2.45) is 0 Å². The van der Waals surface area contributed by atoms with Crippen molar-refractivity contribution in [3.05, 3.63) is 63.6 Å². The van der Waals surface area contributed by atoms with E-state index in [0.717, 1.165) is 15.6 Å². The van der Waals surface area contributed by atoms with Crippen molar-refractivity contribution in [1.82, 2.24) is 10.3 Å². The van der Waals surface area contributed by atoms with Gasteiger partial charge in [0.25, 0.3) is 0 Å². The van der Waals surface area contributed by atoms with Crippen molar-refractivity contribution in [2.75, 3.05) is 0 Å². The normalized spacial score (nSPS) is 10.8. The first kappa shape index (κ1) is 16.7. The molecule has 0 aliphatic rings. The Hall–Kier alpha value is -2.18. The summed E-state index contributed by atoms with van der Waals surface area (Å²) in [6.45, 7) is 2.20. The van der Waals surface area contributed by atoms with E-state index in [1.807, 2.05) is 13.0 Å². The molecule has 0 radical (unpaired) electrons. The van der Waals surface area contributed by atoms with Crippen LogP contribution in [0.3, 0.4) is 0 Å². The molecule has 0 fully saturated rings. The van der Waals surface area contributed by atoms with Gasteiger partial charge in [-0.25, -0.2) is 9.37 Å². The van der Waals surface area contributed by atoms with Gasteiger partial charge in [0.05, 0.1) is 24.9 Å². The Morgan fingerprint density at radius 2 is 2.21 bits per heavy atom. The van der Waals surface area contributed by atoms with Gasteiger partial charge in [-0.3, -0.25) is 4.79 Å². The Kier molecular flexibility index (Phi) is 4.97. The summed E-state index contributed by atoms with van der Waals surface area (Å²) in [5, 5.41) is 3.79. The Morgan fingerprint density at radius 3 is 2.92 bits per heavy atom. The standard InChI is InChI=1S/C17H14ClFN2O2S/c1-10-15(24-17(21-10)14-6-3-7-23-14)9-20-16(22)8-11-12(18)4-2-5-13(11)19/h2-7H,8-9H2,1H3,(H,20,22). The van der Waals surface area contributed by atoms with Crippen molar-refractivity contribution in [3.8, 4) is 10.8 Å². The van der Waals surface area contributed by atoms with E-state index in [-0.39, 0.29) is 22.9 Å². The van der Waals surface area contributed by atoms with E-state index in [1.54, 1.807) is 18.4 Å². The third kappa shape index (κ3) is 3.66. The first-order valence-electron chi connectivity index (χ1n) is 7.24. The lowest BCUT2D eigenvalue weighted by atomic mass is 10.1. The third-order valence-electron chi connectivity index (χ3n) is 3.47. The van der Waals surface area contributed by atoms with Gasteiger partial charge in [0.2, 0.25) is 5.91 Å². The number of hydrogen-bond donors (Lipinski definition) is 1. The maximum atomic E-state index is 13.7. The van der Waals surface area contributed by atoms with Crippen molar-refractivity contribution < 1.29 is 13.6 Å². The molecule has 0 saturated carbocycles. The zero-order valence-corrected chi connectivity index (χ0v) is 14.4. The number of furan rings is 1. The smallest absolute Gasteiger partial charge is 0.224 e. The molecule has 7 heteroatoms. The minimum atomic E-state index is -0.480. The van der Waals surface area contributed by atoms with Gasteiger partial charge in [0.15, 0.2) is 10.8 Å². The number of amides is 1. The van der Waals surface area contributed by atoms with E-state index in [4.69, 9.17) is 16.0 Å². The highest BCUT2D eigenvalue weighted by molar-refractivity contribution is 7.15. The van der Waals surface area contributed by atoms with Gasteiger partial charge in [-0.2, -0.15) is 0 Å². The summed E-state index contributed by atoms with van der Waals surface area (Å²) in [4.78, 5) is 17.4. The molecule has 0 aliphatic carbocycles. The van der Waals surface area contributed by atoms with Crippen LogP contribution >= 0.6 is 22.9 Å². The van der Waals surface area contributed by atoms with Crippen LogP contribution < -0.4 is 5.32 Å². The number of halogens is 2. The summed E-state index contributed by atoms with van der Waals surface area (Å²) in [7, 11) is 0. The fourth-order valence-electron chi connectivity index (χ4n) is 2.20. The van der Waals surface area contributed by atoms with Crippen LogP contribution in [0.5, 0.6) is 0 Å². The van der Waals surface area contributed by atoms with Crippen LogP contribution in [0.2, 0.25) is 5.02 Å². The van der Waals surface area contributed by atoms with Gasteiger partial charge >= 0.3 is 0 Å². The highest BCUT2D eigenvalue weighted by Gasteiger charge is 2.14. The molecular formula is C17H14ClFN2O2S. The molecule has 0 atom stereocenters. The van der Waals surface area contributed by atoms with Crippen molar-refractivity contribution >= 4 is 28.8 Å². The molecule has 0 unspecified atom stereocenters. The predicted molar refractivity (Wildman–Crippen MR) is 91.5 cm³/mol. The van der Waals surface area contributed by atoms with Crippen LogP contribution in [0.25, 0.3) is 10.8 Å². The first-order chi connectivity index (χ1) is 11.5. The molecule has 1 N–H and O–H groups in total. The number of rotatable bonds is 5. The van der Waals surface area contributed by atoms with Crippen LogP contribution in [0.4, 0.5) is 4.39 Å².